The van der Waals surface area contributed by atoms with E-state index in [4.69, 9.17) is 0 Å². The number of hydrogen-bond donors (Lipinski definition) is 3. The topological polar surface area (TPSA) is 172 Å². The Kier molecular flexibility index (Phi) is 10.0. The molecule has 15 nitrogen and oxygen atoms in total. The third kappa shape index (κ3) is 7.66. The number of piperazine rings is 2. The summed E-state index contributed by atoms with van der Waals surface area (Å²) in [6, 6.07) is -0.557. The van der Waals surface area contributed by atoms with Crippen molar-refractivity contribution >= 4 is 41.6 Å². The van der Waals surface area contributed by atoms with Gasteiger partial charge in [-0.05, 0) is 6.92 Å². The molecule has 38 heavy (non-hydrogen) atoms. The average Bonchev–Trinajstić information content (AvgIpc) is 3.25. The van der Waals surface area contributed by atoms with Crippen molar-refractivity contribution in [3.8, 4) is 0 Å². The van der Waals surface area contributed by atoms with Crippen molar-refractivity contribution in [1.82, 2.24) is 40.4 Å². The van der Waals surface area contributed by atoms with E-state index in [0.717, 1.165) is 17.1 Å². The summed E-state index contributed by atoms with van der Waals surface area (Å²) < 4.78 is 0. The van der Waals surface area contributed by atoms with Crippen molar-refractivity contribution in [2.24, 2.45) is 0 Å². The van der Waals surface area contributed by atoms with Gasteiger partial charge in [0.1, 0.15) is 0 Å². The number of amides is 9. The molecule has 0 unspecified atom stereocenters. The monoisotopic (exact) mass is 534 g/mol. The molecular formula is C23H34N8O7. The molecule has 9 amide bonds. The highest BCUT2D eigenvalue weighted by atomic mass is 16.2. The maximum atomic E-state index is 12.5. The average molecular weight is 535 g/mol. The third-order valence-corrected chi connectivity index (χ3v) is 6.46. The molecule has 0 aliphatic carbocycles. The Morgan fingerprint density at radius 2 is 1.08 bits per heavy atom. The number of imide groups is 1. The van der Waals surface area contributed by atoms with E-state index in [9.17, 15) is 33.6 Å². The number of carbonyl (C=O) groups excluding carboxylic acids is 7. The van der Waals surface area contributed by atoms with Crippen LogP contribution < -0.4 is 16.0 Å². The van der Waals surface area contributed by atoms with Gasteiger partial charge in [0.25, 0.3) is 11.8 Å². The van der Waals surface area contributed by atoms with E-state index in [0.29, 0.717) is 32.7 Å². The summed E-state index contributed by atoms with van der Waals surface area (Å²) in [7, 11) is 0. The van der Waals surface area contributed by atoms with E-state index in [1.165, 1.54) is 9.80 Å². The molecule has 0 spiro atoms. The first-order valence-corrected chi connectivity index (χ1v) is 12.6. The van der Waals surface area contributed by atoms with Crippen molar-refractivity contribution in [3.05, 3.63) is 12.2 Å². The first kappa shape index (κ1) is 28.4. The van der Waals surface area contributed by atoms with Crippen LogP contribution in [0.2, 0.25) is 0 Å². The molecule has 2 saturated heterocycles. The van der Waals surface area contributed by atoms with Crippen LogP contribution in [0.15, 0.2) is 12.2 Å². The Morgan fingerprint density at radius 3 is 1.55 bits per heavy atom. The molecule has 3 aliphatic rings. The lowest BCUT2D eigenvalue weighted by Gasteiger charge is -2.36. The van der Waals surface area contributed by atoms with Crippen molar-refractivity contribution in [1.29, 1.82) is 0 Å². The summed E-state index contributed by atoms with van der Waals surface area (Å²) in [5, 5.41) is 7.83. The lowest BCUT2D eigenvalue weighted by molar-refractivity contribution is -0.138. The molecule has 0 saturated carbocycles. The molecule has 3 heterocycles. The van der Waals surface area contributed by atoms with E-state index >= 15 is 0 Å². The highest BCUT2D eigenvalue weighted by molar-refractivity contribution is 6.13. The van der Waals surface area contributed by atoms with Crippen LogP contribution in [0.1, 0.15) is 13.3 Å². The van der Waals surface area contributed by atoms with Crippen LogP contribution in [0.5, 0.6) is 0 Å². The molecule has 0 bridgehead atoms. The number of hydrogen-bond acceptors (Lipinski definition) is 7. The molecule has 0 aromatic rings. The van der Waals surface area contributed by atoms with Crippen molar-refractivity contribution in [2.75, 3.05) is 78.5 Å². The van der Waals surface area contributed by atoms with Gasteiger partial charge in [0.2, 0.25) is 17.7 Å². The van der Waals surface area contributed by atoms with Crippen LogP contribution in [-0.4, -0.2) is 145 Å². The second-order valence-corrected chi connectivity index (χ2v) is 8.92. The largest absolute Gasteiger partial charge is 0.347 e. The fourth-order valence-corrected chi connectivity index (χ4v) is 4.19. The summed E-state index contributed by atoms with van der Waals surface area (Å²) in [6.07, 6.45) is 2.17. The van der Waals surface area contributed by atoms with Gasteiger partial charge in [-0.1, -0.05) is 0 Å². The summed E-state index contributed by atoms with van der Waals surface area (Å²) in [4.78, 5) is 91.5. The van der Waals surface area contributed by atoms with Gasteiger partial charge in [0, 0.05) is 84.0 Å². The lowest BCUT2D eigenvalue weighted by atomic mass is 10.3. The molecule has 3 N–H and O–H groups in total. The third-order valence-electron chi connectivity index (χ3n) is 6.46. The molecule has 0 atom stereocenters. The molecule has 2 fully saturated rings. The fraction of sp³-hybridized carbons (Fsp3) is 0.609. The molecule has 15 heteroatoms. The van der Waals surface area contributed by atoms with E-state index in [2.05, 4.69) is 16.0 Å². The van der Waals surface area contributed by atoms with Crippen LogP contribution in [0.4, 0.5) is 9.59 Å². The molecule has 3 rings (SSSR count). The second-order valence-electron chi connectivity index (χ2n) is 8.92. The molecule has 3 aliphatic heterocycles. The van der Waals surface area contributed by atoms with Gasteiger partial charge in [-0.2, -0.15) is 0 Å². The summed E-state index contributed by atoms with van der Waals surface area (Å²) in [6.45, 7) is 4.68. The van der Waals surface area contributed by atoms with Crippen LogP contribution in [0.3, 0.4) is 0 Å². The van der Waals surface area contributed by atoms with Crippen LogP contribution in [0.25, 0.3) is 0 Å². The molecule has 0 radical (unpaired) electrons. The Balaban J connectivity index is 1.29. The predicted molar refractivity (Wildman–Crippen MR) is 132 cm³/mol. The van der Waals surface area contributed by atoms with Crippen LogP contribution in [-0.2, 0) is 24.0 Å². The number of urea groups is 2. The fourth-order valence-electron chi connectivity index (χ4n) is 4.19. The maximum Gasteiger partial charge on any atom is 0.317 e. The molecule has 0 aromatic carbocycles. The minimum atomic E-state index is -0.471. The van der Waals surface area contributed by atoms with Crippen LogP contribution in [0, 0.1) is 0 Å². The zero-order valence-electron chi connectivity index (χ0n) is 21.4. The number of carbonyl (C=O) groups is 7. The van der Waals surface area contributed by atoms with Gasteiger partial charge in [-0.15, -0.1) is 0 Å². The molecule has 0 aromatic heterocycles. The van der Waals surface area contributed by atoms with E-state index in [1.807, 2.05) is 6.92 Å². The van der Waals surface area contributed by atoms with Gasteiger partial charge in [-0.25, -0.2) is 9.59 Å². The highest BCUT2D eigenvalue weighted by Crippen LogP contribution is 2.06. The zero-order chi connectivity index (χ0) is 27.7. The quantitative estimate of drug-likeness (QED) is 0.281. The Labute approximate surface area is 220 Å². The zero-order valence-corrected chi connectivity index (χ0v) is 21.4. The molecular weight excluding hydrogens is 500 g/mol. The summed E-state index contributed by atoms with van der Waals surface area (Å²) >= 11 is 0. The summed E-state index contributed by atoms with van der Waals surface area (Å²) in [5.74, 6) is -1.94. The van der Waals surface area contributed by atoms with E-state index in [-0.39, 0.29) is 70.1 Å². The molecule has 208 valence electrons. The van der Waals surface area contributed by atoms with Crippen molar-refractivity contribution in [3.63, 3.8) is 0 Å². The van der Waals surface area contributed by atoms with Gasteiger partial charge in [0.15, 0.2) is 0 Å². The van der Waals surface area contributed by atoms with E-state index in [1.54, 1.807) is 9.80 Å². The first-order chi connectivity index (χ1) is 18.2. The summed E-state index contributed by atoms with van der Waals surface area (Å²) in [5.41, 5.74) is 0. The Bertz CT molecular complexity index is 966. The number of nitrogens with zero attached hydrogens (tertiary/aromatic N) is 5. The number of nitrogens with one attached hydrogen (secondary N) is 3. The Hall–Kier alpha value is -4.17. The standard InChI is InChI=1S/C23H34N8O7/c1-2-24-22(37)29-11-7-28(8-12-29)21(36)16-26-23(38)30-13-9-27(10-14-30)20(35)15-25-17(32)5-6-31-18(33)3-4-19(31)34/h3-4H,2,5-16H2,1H3,(H,24,37)(H,25,32)(H,26,38). The van der Waals surface area contributed by atoms with Gasteiger partial charge in [-0.3, -0.25) is 28.9 Å². The van der Waals surface area contributed by atoms with Crippen molar-refractivity contribution < 1.29 is 33.6 Å². The minimum Gasteiger partial charge on any atom is -0.347 e. The highest BCUT2D eigenvalue weighted by Gasteiger charge is 2.27. The lowest BCUT2D eigenvalue weighted by Crippen LogP contribution is -2.57. The minimum absolute atomic E-state index is 0.0622. The first-order valence-electron chi connectivity index (χ1n) is 12.6. The van der Waals surface area contributed by atoms with Crippen LogP contribution >= 0.6 is 0 Å². The maximum absolute atomic E-state index is 12.5. The normalized spacial score (nSPS) is 17.6. The van der Waals surface area contributed by atoms with Crippen molar-refractivity contribution in [2.45, 2.75) is 13.3 Å². The van der Waals surface area contributed by atoms with Gasteiger partial charge in [0.05, 0.1) is 13.1 Å². The van der Waals surface area contributed by atoms with E-state index < -0.39 is 23.8 Å². The predicted octanol–water partition coefficient (Wildman–Crippen LogP) is -2.85. The van der Waals surface area contributed by atoms with Gasteiger partial charge < -0.3 is 35.6 Å². The Morgan fingerprint density at radius 1 is 0.658 bits per heavy atom. The smallest absolute Gasteiger partial charge is 0.317 e. The number of rotatable bonds is 8. The SMILES string of the molecule is CCNC(=O)N1CCN(C(=O)CNC(=O)N2CCN(C(=O)CNC(=O)CCN3C(=O)C=CC3=O)CC2)CC1. The van der Waals surface area contributed by atoms with Gasteiger partial charge >= 0.3 is 12.1 Å². The second kappa shape index (κ2) is 13.4.